The van der Waals surface area contributed by atoms with Gasteiger partial charge in [-0.3, -0.25) is 0 Å². The molecule has 1 nitrogen and oxygen atoms in total. The van der Waals surface area contributed by atoms with Crippen LogP contribution in [0.4, 0.5) is 4.39 Å². The third kappa shape index (κ3) is 2.71. The summed E-state index contributed by atoms with van der Waals surface area (Å²) in [5, 5.41) is 1.08. The molecule has 0 radical (unpaired) electrons. The highest BCUT2D eigenvalue weighted by Crippen LogP contribution is 2.26. The van der Waals surface area contributed by atoms with E-state index in [1.165, 1.54) is 12.1 Å². The predicted molar refractivity (Wildman–Crippen MR) is 92.6 cm³/mol. The van der Waals surface area contributed by atoms with Gasteiger partial charge in [-0.2, -0.15) is 0 Å². The van der Waals surface area contributed by atoms with E-state index in [0.717, 1.165) is 33.3 Å². The SMILES string of the molecule is Fc1ccc(-c2ccc3nc(-c4ccccc4)ccc3c2)cc1. The summed E-state index contributed by atoms with van der Waals surface area (Å²) in [6, 6.07) is 26.9. The fraction of sp³-hybridized carbons (Fsp3) is 0. The minimum absolute atomic E-state index is 0.219. The van der Waals surface area contributed by atoms with Gasteiger partial charge in [0.05, 0.1) is 11.2 Å². The Balaban J connectivity index is 1.77. The number of rotatable bonds is 2. The molecule has 0 N–H and O–H groups in total. The predicted octanol–water partition coefficient (Wildman–Crippen LogP) is 5.71. The largest absolute Gasteiger partial charge is 0.248 e. The molecule has 110 valence electrons. The molecule has 0 saturated heterocycles. The first-order valence-electron chi connectivity index (χ1n) is 7.52. The van der Waals surface area contributed by atoms with Gasteiger partial charge in [-0.1, -0.05) is 54.6 Å². The molecule has 2 heteroatoms. The molecule has 23 heavy (non-hydrogen) atoms. The molecule has 0 amide bonds. The minimum Gasteiger partial charge on any atom is -0.248 e. The molecule has 0 atom stereocenters. The second kappa shape index (κ2) is 5.65. The quantitative estimate of drug-likeness (QED) is 0.462. The van der Waals surface area contributed by atoms with E-state index in [1.807, 2.05) is 36.4 Å². The average molecular weight is 299 g/mol. The van der Waals surface area contributed by atoms with Crippen molar-refractivity contribution in [2.45, 2.75) is 0 Å². The van der Waals surface area contributed by atoms with Gasteiger partial charge in [0, 0.05) is 10.9 Å². The maximum absolute atomic E-state index is 13.1. The van der Waals surface area contributed by atoms with E-state index in [0.29, 0.717) is 0 Å². The molecule has 4 aromatic rings. The molecule has 0 aliphatic heterocycles. The van der Waals surface area contributed by atoms with Crippen LogP contribution < -0.4 is 0 Å². The van der Waals surface area contributed by atoms with Gasteiger partial charge in [0.15, 0.2) is 0 Å². The van der Waals surface area contributed by atoms with Crippen molar-refractivity contribution >= 4 is 10.9 Å². The molecule has 0 spiro atoms. The smallest absolute Gasteiger partial charge is 0.123 e. The van der Waals surface area contributed by atoms with E-state index in [-0.39, 0.29) is 5.82 Å². The van der Waals surface area contributed by atoms with Crippen LogP contribution in [0.15, 0.2) is 84.9 Å². The molecular formula is C21H14FN. The van der Waals surface area contributed by atoms with Crippen LogP contribution in [0.5, 0.6) is 0 Å². The molecule has 1 aromatic heterocycles. The third-order valence-corrected chi connectivity index (χ3v) is 3.94. The first-order chi connectivity index (χ1) is 11.3. The number of halogens is 1. The summed E-state index contributed by atoms with van der Waals surface area (Å²) in [6.45, 7) is 0. The van der Waals surface area contributed by atoms with E-state index in [2.05, 4.69) is 24.3 Å². The number of pyridine rings is 1. The van der Waals surface area contributed by atoms with Crippen molar-refractivity contribution in [1.29, 1.82) is 0 Å². The second-order valence-corrected chi connectivity index (χ2v) is 5.48. The number of aromatic nitrogens is 1. The molecule has 1 heterocycles. The van der Waals surface area contributed by atoms with Crippen LogP contribution >= 0.6 is 0 Å². The van der Waals surface area contributed by atoms with Gasteiger partial charge >= 0.3 is 0 Å². The molecule has 0 saturated carbocycles. The number of hydrogen-bond donors (Lipinski definition) is 0. The molecule has 0 fully saturated rings. The van der Waals surface area contributed by atoms with E-state index in [1.54, 1.807) is 12.1 Å². The summed E-state index contributed by atoms with van der Waals surface area (Å²) in [5.41, 5.74) is 5.09. The Morgan fingerprint density at radius 2 is 1.35 bits per heavy atom. The fourth-order valence-electron chi connectivity index (χ4n) is 2.72. The molecule has 0 bridgehead atoms. The van der Waals surface area contributed by atoms with Crippen molar-refractivity contribution < 1.29 is 4.39 Å². The highest BCUT2D eigenvalue weighted by atomic mass is 19.1. The Kier molecular flexibility index (Phi) is 3.35. The average Bonchev–Trinajstić information content (AvgIpc) is 2.62. The van der Waals surface area contributed by atoms with Crippen LogP contribution in [0.3, 0.4) is 0 Å². The highest BCUT2D eigenvalue weighted by Gasteiger charge is 2.04. The zero-order valence-electron chi connectivity index (χ0n) is 12.4. The number of hydrogen-bond acceptors (Lipinski definition) is 1. The second-order valence-electron chi connectivity index (χ2n) is 5.48. The van der Waals surface area contributed by atoms with Crippen LogP contribution in [0.1, 0.15) is 0 Å². The summed E-state index contributed by atoms with van der Waals surface area (Å²) in [4.78, 5) is 4.73. The summed E-state index contributed by atoms with van der Waals surface area (Å²) >= 11 is 0. The van der Waals surface area contributed by atoms with Crippen LogP contribution in [-0.4, -0.2) is 4.98 Å². The molecular weight excluding hydrogens is 285 g/mol. The Bertz CT molecular complexity index is 960. The lowest BCUT2D eigenvalue weighted by Crippen LogP contribution is -1.86. The number of benzene rings is 3. The fourth-order valence-corrected chi connectivity index (χ4v) is 2.72. The van der Waals surface area contributed by atoms with Gasteiger partial charge in [-0.15, -0.1) is 0 Å². The minimum atomic E-state index is -0.219. The lowest BCUT2D eigenvalue weighted by Gasteiger charge is -2.06. The van der Waals surface area contributed by atoms with E-state index in [4.69, 9.17) is 4.98 Å². The zero-order chi connectivity index (χ0) is 15.6. The summed E-state index contributed by atoms with van der Waals surface area (Å²) in [5.74, 6) is -0.219. The summed E-state index contributed by atoms with van der Waals surface area (Å²) in [6.07, 6.45) is 0. The van der Waals surface area contributed by atoms with Crippen molar-refractivity contribution in [1.82, 2.24) is 4.98 Å². The van der Waals surface area contributed by atoms with Crippen LogP contribution in [0, 0.1) is 5.82 Å². The van der Waals surface area contributed by atoms with Gasteiger partial charge in [0.1, 0.15) is 5.82 Å². The van der Waals surface area contributed by atoms with Gasteiger partial charge in [-0.25, -0.2) is 9.37 Å². The number of fused-ring (bicyclic) bond motifs is 1. The van der Waals surface area contributed by atoms with Crippen LogP contribution in [0.25, 0.3) is 33.3 Å². The van der Waals surface area contributed by atoms with E-state index < -0.39 is 0 Å². The maximum atomic E-state index is 13.1. The van der Waals surface area contributed by atoms with Gasteiger partial charge in [0.25, 0.3) is 0 Å². The Morgan fingerprint density at radius 1 is 0.609 bits per heavy atom. The monoisotopic (exact) mass is 299 g/mol. The topological polar surface area (TPSA) is 12.9 Å². The van der Waals surface area contributed by atoms with Crippen molar-refractivity contribution in [2.24, 2.45) is 0 Å². The lowest BCUT2D eigenvalue weighted by molar-refractivity contribution is 0.628. The first-order valence-corrected chi connectivity index (χ1v) is 7.52. The van der Waals surface area contributed by atoms with Gasteiger partial charge in [-0.05, 0) is 41.5 Å². The highest BCUT2D eigenvalue weighted by molar-refractivity contribution is 5.86. The summed E-state index contributed by atoms with van der Waals surface area (Å²) in [7, 11) is 0. The molecule has 0 unspecified atom stereocenters. The van der Waals surface area contributed by atoms with Gasteiger partial charge in [0.2, 0.25) is 0 Å². The summed E-state index contributed by atoms with van der Waals surface area (Å²) < 4.78 is 13.1. The maximum Gasteiger partial charge on any atom is 0.123 e. The van der Waals surface area contributed by atoms with E-state index >= 15 is 0 Å². The Morgan fingerprint density at radius 3 is 2.13 bits per heavy atom. The molecule has 0 aliphatic carbocycles. The van der Waals surface area contributed by atoms with Crippen LogP contribution in [0.2, 0.25) is 0 Å². The van der Waals surface area contributed by atoms with Crippen molar-refractivity contribution in [3.63, 3.8) is 0 Å². The van der Waals surface area contributed by atoms with Crippen molar-refractivity contribution in [3.8, 4) is 22.4 Å². The lowest BCUT2D eigenvalue weighted by atomic mass is 10.0. The molecule has 0 aliphatic rings. The normalized spacial score (nSPS) is 10.8. The Hall–Kier alpha value is -3.00. The standard InChI is InChI=1S/C21H14FN/c22-19-10-6-15(7-11-19)17-8-12-21-18(14-17)9-13-20(23-21)16-4-2-1-3-5-16/h1-14H. The van der Waals surface area contributed by atoms with Crippen molar-refractivity contribution in [2.75, 3.05) is 0 Å². The first kappa shape index (κ1) is 13.6. The van der Waals surface area contributed by atoms with E-state index in [9.17, 15) is 4.39 Å². The van der Waals surface area contributed by atoms with Gasteiger partial charge < -0.3 is 0 Å². The number of nitrogens with zero attached hydrogens (tertiary/aromatic N) is 1. The third-order valence-electron chi connectivity index (χ3n) is 3.94. The van der Waals surface area contributed by atoms with Crippen molar-refractivity contribution in [3.05, 3.63) is 90.7 Å². The zero-order valence-corrected chi connectivity index (χ0v) is 12.4. The molecule has 4 rings (SSSR count). The van der Waals surface area contributed by atoms with Crippen LogP contribution in [-0.2, 0) is 0 Å². The Labute approximate surface area is 134 Å². The molecule has 3 aromatic carbocycles.